The number of hydrogen-bond donors (Lipinski definition) is 0. The summed E-state index contributed by atoms with van der Waals surface area (Å²) in [4.78, 5) is 11.6. The molecule has 4 heteroatoms. The highest BCUT2D eigenvalue weighted by molar-refractivity contribution is 8.21. The highest BCUT2D eigenvalue weighted by atomic mass is 32.4. The van der Waals surface area contributed by atoms with Crippen LogP contribution in [0.1, 0.15) is 15.9 Å². The third-order valence-corrected chi connectivity index (χ3v) is 9.37. The fourth-order valence-corrected chi connectivity index (χ4v) is 6.66. The number of carbonyl (C=O) groups excluding carboxylic acids is 1. The fraction of sp³-hybridized carbons (Fsp3) is 0.136. The SMILES string of the molecule is COC(=O)c1ccc(CCP(=S)(c2ccccc2)c2ccccc2)cc1. The van der Waals surface area contributed by atoms with Crippen molar-refractivity contribution >= 4 is 34.4 Å². The van der Waals surface area contributed by atoms with Gasteiger partial charge in [-0.05, 0) is 40.9 Å². The van der Waals surface area contributed by atoms with Gasteiger partial charge in [-0.3, -0.25) is 0 Å². The van der Waals surface area contributed by atoms with Gasteiger partial charge in [0.25, 0.3) is 0 Å². The number of rotatable bonds is 6. The molecule has 0 aliphatic carbocycles. The lowest BCUT2D eigenvalue weighted by Gasteiger charge is -2.23. The Labute approximate surface area is 159 Å². The van der Waals surface area contributed by atoms with Gasteiger partial charge in [-0.2, -0.15) is 0 Å². The first-order chi connectivity index (χ1) is 12.6. The Morgan fingerprint density at radius 2 is 1.35 bits per heavy atom. The van der Waals surface area contributed by atoms with Crippen LogP contribution in [0.5, 0.6) is 0 Å². The molecular weight excluding hydrogens is 359 g/mol. The van der Waals surface area contributed by atoms with E-state index < -0.39 is 6.04 Å². The predicted octanol–water partition coefficient (Wildman–Crippen LogP) is 4.15. The van der Waals surface area contributed by atoms with Crippen molar-refractivity contribution in [3.8, 4) is 0 Å². The second-order valence-corrected chi connectivity index (χ2v) is 10.9. The topological polar surface area (TPSA) is 26.3 Å². The van der Waals surface area contributed by atoms with Crippen LogP contribution in [-0.2, 0) is 23.0 Å². The van der Waals surface area contributed by atoms with Gasteiger partial charge in [0, 0.05) is 6.04 Å². The van der Waals surface area contributed by atoms with Gasteiger partial charge in [-0.1, -0.05) is 84.6 Å². The van der Waals surface area contributed by atoms with E-state index in [4.69, 9.17) is 16.5 Å². The molecule has 132 valence electrons. The molecule has 0 fully saturated rings. The van der Waals surface area contributed by atoms with Gasteiger partial charge >= 0.3 is 5.97 Å². The van der Waals surface area contributed by atoms with E-state index >= 15 is 0 Å². The Morgan fingerprint density at radius 3 is 1.81 bits per heavy atom. The summed E-state index contributed by atoms with van der Waals surface area (Å²) in [6.45, 7) is 0. The first-order valence-electron chi connectivity index (χ1n) is 8.51. The van der Waals surface area contributed by atoms with Crippen molar-refractivity contribution in [2.75, 3.05) is 13.3 Å². The number of ether oxygens (including phenoxy) is 1. The molecule has 0 amide bonds. The van der Waals surface area contributed by atoms with Crippen LogP contribution in [0.25, 0.3) is 0 Å². The number of hydrogen-bond acceptors (Lipinski definition) is 3. The third kappa shape index (κ3) is 4.12. The van der Waals surface area contributed by atoms with E-state index in [-0.39, 0.29) is 5.97 Å². The molecule has 0 spiro atoms. The van der Waals surface area contributed by atoms with Crippen LogP contribution in [-0.4, -0.2) is 19.2 Å². The Kier molecular flexibility index (Phi) is 6.03. The molecule has 0 aliphatic rings. The van der Waals surface area contributed by atoms with E-state index in [1.165, 1.54) is 23.3 Å². The van der Waals surface area contributed by atoms with Gasteiger partial charge in [0.1, 0.15) is 0 Å². The summed E-state index contributed by atoms with van der Waals surface area (Å²) < 4.78 is 4.76. The maximum absolute atomic E-state index is 11.6. The van der Waals surface area contributed by atoms with Crippen molar-refractivity contribution in [3.63, 3.8) is 0 Å². The van der Waals surface area contributed by atoms with Crippen molar-refractivity contribution in [2.24, 2.45) is 0 Å². The molecular formula is C22H21O2PS. The minimum atomic E-state index is -1.88. The van der Waals surface area contributed by atoms with Gasteiger partial charge < -0.3 is 4.74 Å². The van der Waals surface area contributed by atoms with Crippen LogP contribution >= 0.6 is 6.04 Å². The lowest BCUT2D eigenvalue weighted by molar-refractivity contribution is 0.0600. The van der Waals surface area contributed by atoms with Crippen LogP contribution in [0, 0.1) is 0 Å². The molecule has 26 heavy (non-hydrogen) atoms. The Balaban J connectivity index is 1.86. The van der Waals surface area contributed by atoms with Crippen molar-refractivity contribution < 1.29 is 9.53 Å². The summed E-state index contributed by atoms with van der Waals surface area (Å²) in [5.41, 5.74) is 1.75. The van der Waals surface area contributed by atoms with Crippen LogP contribution in [0.15, 0.2) is 84.9 Å². The Hall–Kier alpha value is -2.22. The zero-order valence-electron chi connectivity index (χ0n) is 14.7. The van der Waals surface area contributed by atoms with E-state index in [1.54, 1.807) is 0 Å². The molecule has 0 atom stereocenters. The molecule has 0 saturated carbocycles. The smallest absolute Gasteiger partial charge is 0.337 e. The van der Waals surface area contributed by atoms with Crippen LogP contribution < -0.4 is 10.6 Å². The lowest BCUT2D eigenvalue weighted by atomic mass is 10.1. The van der Waals surface area contributed by atoms with Gasteiger partial charge in [0.2, 0.25) is 0 Å². The van der Waals surface area contributed by atoms with E-state index in [9.17, 15) is 4.79 Å². The monoisotopic (exact) mass is 380 g/mol. The minimum Gasteiger partial charge on any atom is -0.465 e. The molecule has 0 unspecified atom stereocenters. The van der Waals surface area contributed by atoms with Crippen LogP contribution in [0.4, 0.5) is 0 Å². The molecule has 0 radical (unpaired) electrons. The third-order valence-electron chi connectivity index (χ3n) is 4.44. The van der Waals surface area contributed by atoms with Gasteiger partial charge in [-0.25, -0.2) is 4.79 Å². The number of benzene rings is 3. The van der Waals surface area contributed by atoms with Crippen molar-refractivity contribution in [3.05, 3.63) is 96.1 Å². The van der Waals surface area contributed by atoms with Gasteiger partial charge in [-0.15, -0.1) is 0 Å². The molecule has 3 aromatic carbocycles. The molecule has 3 aromatic rings. The molecule has 2 nitrogen and oxygen atoms in total. The van der Waals surface area contributed by atoms with Crippen molar-refractivity contribution in [1.29, 1.82) is 0 Å². The van der Waals surface area contributed by atoms with E-state index in [0.29, 0.717) is 5.56 Å². The molecule has 0 saturated heterocycles. The second kappa shape index (κ2) is 8.44. The molecule has 0 aliphatic heterocycles. The quantitative estimate of drug-likeness (QED) is 0.475. The lowest BCUT2D eigenvalue weighted by Crippen LogP contribution is -2.19. The summed E-state index contributed by atoms with van der Waals surface area (Å²) in [6, 6.07) is 26.6. The zero-order chi connectivity index (χ0) is 18.4. The van der Waals surface area contributed by atoms with Crippen LogP contribution in [0.2, 0.25) is 0 Å². The second-order valence-electron chi connectivity index (χ2n) is 6.07. The Bertz CT molecular complexity index is 862. The fourth-order valence-electron chi connectivity index (χ4n) is 2.96. The number of methoxy groups -OCH3 is 1. The minimum absolute atomic E-state index is 0.310. The summed E-state index contributed by atoms with van der Waals surface area (Å²) in [5.74, 6) is -0.310. The summed E-state index contributed by atoms with van der Waals surface area (Å²) in [6.07, 6.45) is 1.79. The first-order valence-corrected chi connectivity index (χ1v) is 11.5. The summed E-state index contributed by atoms with van der Waals surface area (Å²) in [7, 11) is 1.39. The standard InChI is InChI=1S/C22H21O2PS/c1-24-22(23)19-14-12-18(13-15-19)16-17-25(26,20-8-4-2-5-9-20)21-10-6-3-7-11-21/h2-15H,16-17H2,1H3. The normalized spacial score (nSPS) is 11.1. The highest BCUT2D eigenvalue weighted by Gasteiger charge is 2.21. The highest BCUT2D eigenvalue weighted by Crippen LogP contribution is 2.44. The average molecular weight is 380 g/mol. The maximum Gasteiger partial charge on any atom is 0.337 e. The van der Waals surface area contributed by atoms with Crippen molar-refractivity contribution in [1.82, 2.24) is 0 Å². The predicted molar refractivity (Wildman–Crippen MR) is 113 cm³/mol. The molecule has 0 N–H and O–H groups in total. The first kappa shape index (κ1) is 18.6. The van der Waals surface area contributed by atoms with Gasteiger partial charge in [0.15, 0.2) is 0 Å². The molecule has 3 rings (SSSR count). The number of carbonyl (C=O) groups is 1. The summed E-state index contributed by atoms with van der Waals surface area (Å²) in [5, 5.41) is 2.49. The average Bonchev–Trinajstić information content (AvgIpc) is 2.73. The van der Waals surface area contributed by atoms with Gasteiger partial charge in [0.05, 0.1) is 12.7 Å². The number of esters is 1. The molecule has 0 bridgehead atoms. The Morgan fingerprint density at radius 1 is 0.846 bits per heavy atom. The largest absolute Gasteiger partial charge is 0.465 e. The molecule has 0 aromatic heterocycles. The van der Waals surface area contributed by atoms with Crippen LogP contribution in [0.3, 0.4) is 0 Å². The van der Waals surface area contributed by atoms with E-state index in [0.717, 1.165) is 12.6 Å². The zero-order valence-corrected chi connectivity index (χ0v) is 16.4. The summed E-state index contributed by atoms with van der Waals surface area (Å²) >= 11 is 6.26. The maximum atomic E-state index is 11.6. The van der Waals surface area contributed by atoms with E-state index in [1.807, 2.05) is 36.4 Å². The molecule has 0 heterocycles. The number of aryl methyl sites for hydroxylation is 1. The van der Waals surface area contributed by atoms with Crippen molar-refractivity contribution in [2.45, 2.75) is 6.42 Å². The van der Waals surface area contributed by atoms with E-state index in [2.05, 4.69) is 48.5 Å².